The molecule has 0 saturated carbocycles. The summed E-state index contributed by atoms with van der Waals surface area (Å²) < 4.78 is 16.5. The van der Waals surface area contributed by atoms with Crippen molar-refractivity contribution >= 4 is 66.2 Å². The monoisotopic (exact) mass is 611 g/mol. The minimum atomic E-state index is -0.0105. The van der Waals surface area contributed by atoms with Gasteiger partial charge >= 0.3 is 56.6 Å². The molecule has 9 aromatic rings. The predicted octanol–water partition coefficient (Wildman–Crippen LogP) is -4.77. The topological polar surface area (TPSA) is 208 Å². The Hall–Kier alpha value is -4.38. The summed E-state index contributed by atoms with van der Waals surface area (Å²) in [6, 6.07) is 26.2. The molecule has 0 aliphatic carbocycles. The SMILES string of the molecule is O.O=c1cccc2oc3ccc[nH]c3c12.[Li+].[Li+].[Li+].[O-]c1cccc2oc3ccc[nH+]c3c12.[O-]c1cccc2oc3ccc[nH+]c3c12.[OH-]. The largest absolute Gasteiger partial charge is 1.00 e. The fourth-order valence-electron chi connectivity index (χ4n) is 4.99. The summed E-state index contributed by atoms with van der Waals surface area (Å²) in [5.41, 5.74) is 6.35. The normalized spacial score (nSPS) is 9.96. The molecule has 0 fully saturated rings. The van der Waals surface area contributed by atoms with Crippen LogP contribution in [0.3, 0.4) is 0 Å². The fourth-order valence-corrected chi connectivity index (χ4v) is 4.99. The average molecular weight is 611 g/mol. The van der Waals surface area contributed by atoms with Crippen molar-refractivity contribution in [1.29, 1.82) is 0 Å². The Bertz CT molecular complexity index is 2340. The van der Waals surface area contributed by atoms with Gasteiger partial charge in [-0.25, -0.2) is 9.97 Å². The van der Waals surface area contributed by atoms with Crippen molar-refractivity contribution in [1.82, 2.24) is 4.98 Å². The van der Waals surface area contributed by atoms with E-state index in [4.69, 9.17) is 13.3 Å². The number of H-pyrrole nitrogens is 3. The van der Waals surface area contributed by atoms with E-state index in [0.29, 0.717) is 49.7 Å². The Morgan fingerprint density at radius 2 is 0.957 bits per heavy atom. The van der Waals surface area contributed by atoms with E-state index in [0.717, 1.165) is 16.6 Å². The van der Waals surface area contributed by atoms with Crippen LogP contribution >= 0.6 is 0 Å². The summed E-state index contributed by atoms with van der Waals surface area (Å²) in [5.74, 6) is -0.0209. The van der Waals surface area contributed by atoms with E-state index < -0.39 is 0 Å². The number of aromatic nitrogens is 3. The third-order valence-electron chi connectivity index (χ3n) is 6.83. The maximum atomic E-state index is 11.6. The van der Waals surface area contributed by atoms with Crippen LogP contribution in [0, 0.1) is 0 Å². The smallest absolute Gasteiger partial charge is 0.872 e. The van der Waals surface area contributed by atoms with Crippen LogP contribution < -0.4 is 82.2 Å². The van der Waals surface area contributed by atoms with Crippen molar-refractivity contribution in [3.05, 3.63) is 120 Å². The van der Waals surface area contributed by atoms with E-state index in [9.17, 15) is 15.0 Å². The van der Waals surface area contributed by atoms with Crippen molar-refractivity contribution in [3.63, 3.8) is 0 Å². The van der Waals surface area contributed by atoms with Crippen molar-refractivity contribution in [2.45, 2.75) is 0 Å². The van der Waals surface area contributed by atoms with Crippen molar-refractivity contribution in [2.75, 3.05) is 0 Å². The van der Waals surface area contributed by atoms with Gasteiger partial charge in [0, 0.05) is 18.3 Å². The summed E-state index contributed by atoms with van der Waals surface area (Å²) in [4.78, 5) is 20.6. The Kier molecular flexibility index (Phi) is 13.6. The van der Waals surface area contributed by atoms with Gasteiger partial charge in [-0.1, -0.05) is 41.8 Å². The zero-order chi connectivity index (χ0) is 28.6. The minimum Gasteiger partial charge on any atom is -0.872 e. The van der Waals surface area contributed by atoms with Gasteiger partial charge in [0.1, 0.15) is 16.7 Å². The Labute approximate surface area is 301 Å². The van der Waals surface area contributed by atoms with Crippen LogP contribution in [0.4, 0.5) is 0 Å². The molecule has 11 nitrogen and oxygen atoms in total. The van der Waals surface area contributed by atoms with Crippen LogP contribution in [0.1, 0.15) is 0 Å². The second-order valence-electron chi connectivity index (χ2n) is 9.42. The van der Waals surface area contributed by atoms with Gasteiger partial charge in [-0.05, 0) is 48.5 Å². The Balaban J connectivity index is 0.000000233. The van der Waals surface area contributed by atoms with Crippen LogP contribution in [0.25, 0.3) is 66.2 Å². The molecule has 0 aliphatic heterocycles. The van der Waals surface area contributed by atoms with E-state index in [2.05, 4.69) is 15.0 Å². The van der Waals surface area contributed by atoms with E-state index in [-0.39, 0.29) is 84.5 Å². The molecule has 0 aliphatic rings. The molecule has 14 heteroatoms. The second kappa shape index (κ2) is 16.4. The van der Waals surface area contributed by atoms with Crippen LogP contribution in [0.2, 0.25) is 0 Å². The first-order chi connectivity index (χ1) is 20.6. The zero-order valence-electron chi connectivity index (χ0n) is 25.8. The molecule has 6 N–H and O–H groups in total. The van der Waals surface area contributed by atoms with Crippen LogP contribution in [0.15, 0.2) is 128 Å². The van der Waals surface area contributed by atoms with Crippen molar-refractivity contribution in [2.24, 2.45) is 0 Å². The molecule has 0 amide bonds. The molecule has 0 saturated heterocycles. The zero-order valence-corrected chi connectivity index (χ0v) is 25.8. The van der Waals surface area contributed by atoms with Gasteiger partial charge in [0.05, 0.1) is 21.7 Å². The van der Waals surface area contributed by atoms with Gasteiger partial charge in [0.15, 0.2) is 34.6 Å². The fraction of sp³-hybridized carbons (Fsp3) is 0. The van der Waals surface area contributed by atoms with Crippen molar-refractivity contribution < 1.29 is 101 Å². The van der Waals surface area contributed by atoms with Gasteiger partial charge in [-0.15, -0.1) is 0 Å². The first-order valence-electron chi connectivity index (χ1n) is 13.1. The molecule has 0 bridgehead atoms. The minimum absolute atomic E-state index is 0. The number of hydrogen-bond donors (Lipinski definition) is 1. The third kappa shape index (κ3) is 7.30. The standard InChI is InChI=1S/3C11H7NO2.3Li.2H2O/c3*13-7-3-1-4-8-10(7)11-9(14-8)5-2-6-12-11;;;;;/h2*1-6,13H;1-6,12H;;;;2*1H2/q;;;3*+1;;/p-1. The van der Waals surface area contributed by atoms with Crippen LogP contribution in [-0.4, -0.2) is 15.9 Å². The molecule has 0 unspecified atom stereocenters. The first kappa shape index (κ1) is 38.8. The summed E-state index contributed by atoms with van der Waals surface area (Å²) in [7, 11) is 0. The van der Waals surface area contributed by atoms with E-state index >= 15 is 0 Å². The molecule has 0 spiro atoms. The van der Waals surface area contributed by atoms with E-state index in [1.54, 1.807) is 55.0 Å². The average Bonchev–Trinajstić information content (AvgIpc) is 3.70. The summed E-state index contributed by atoms with van der Waals surface area (Å²) in [6.07, 6.45) is 5.34. The van der Waals surface area contributed by atoms with Gasteiger partial charge < -0.3 is 39.4 Å². The molecule has 6 heterocycles. The summed E-state index contributed by atoms with van der Waals surface area (Å²) in [5, 5.41) is 25.0. The number of fused-ring (bicyclic) bond motifs is 9. The number of aromatic amines is 3. The molecular weight excluding hydrogens is 587 g/mol. The summed E-state index contributed by atoms with van der Waals surface area (Å²) >= 11 is 0. The van der Waals surface area contributed by atoms with Gasteiger partial charge in [-0.2, -0.15) is 0 Å². The molecule has 0 atom stereocenters. The molecule has 9 rings (SSSR count). The third-order valence-corrected chi connectivity index (χ3v) is 6.83. The number of rotatable bonds is 0. The van der Waals surface area contributed by atoms with Crippen LogP contribution in [-0.2, 0) is 0 Å². The molecule has 3 aromatic carbocycles. The maximum absolute atomic E-state index is 11.6. The second-order valence-corrected chi connectivity index (χ2v) is 9.42. The molecular formula is C33H24Li3N3O8+2. The van der Waals surface area contributed by atoms with Crippen LogP contribution in [0.5, 0.6) is 11.5 Å². The molecule has 6 aromatic heterocycles. The predicted molar refractivity (Wildman–Crippen MR) is 159 cm³/mol. The van der Waals surface area contributed by atoms with E-state index in [1.165, 1.54) is 18.2 Å². The number of furan rings is 3. The number of hydrogen-bond acceptors (Lipinski definition) is 7. The van der Waals surface area contributed by atoms with Gasteiger partial charge in [0.2, 0.25) is 0 Å². The van der Waals surface area contributed by atoms with Gasteiger partial charge in [-0.3, -0.25) is 4.79 Å². The Morgan fingerprint density at radius 1 is 0.532 bits per heavy atom. The number of pyridine rings is 3. The Morgan fingerprint density at radius 3 is 1.49 bits per heavy atom. The number of benzene rings is 3. The van der Waals surface area contributed by atoms with Crippen molar-refractivity contribution in [3.8, 4) is 11.5 Å². The molecule has 47 heavy (non-hydrogen) atoms. The van der Waals surface area contributed by atoms with E-state index in [1.807, 2.05) is 36.4 Å². The quantitative estimate of drug-likeness (QED) is 0.165. The number of nitrogens with one attached hydrogen (secondary N) is 3. The molecule has 220 valence electrons. The maximum Gasteiger partial charge on any atom is 1.00 e. The summed E-state index contributed by atoms with van der Waals surface area (Å²) in [6.45, 7) is 0. The molecule has 0 radical (unpaired) electrons. The van der Waals surface area contributed by atoms with Gasteiger partial charge in [0.25, 0.3) is 11.0 Å². The first-order valence-corrected chi connectivity index (χ1v) is 13.1.